The van der Waals surface area contributed by atoms with Gasteiger partial charge >= 0.3 is 5.97 Å². The third-order valence-electron chi connectivity index (χ3n) is 4.85. The van der Waals surface area contributed by atoms with Crippen molar-refractivity contribution in [2.75, 3.05) is 13.7 Å². The first-order chi connectivity index (χ1) is 14.6. The third-order valence-corrected chi connectivity index (χ3v) is 5.57. The predicted octanol–water partition coefficient (Wildman–Crippen LogP) is 4.05. The molecule has 31 heavy (non-hydrogen) atoms. The topological polar surface area (TPSA) is 90.0 Å². The fourth-order valence-electron chi connectivity index (χ4n) is 3.28. The number of imide groups is 1. The number of amides is 2. The summed E-state index contributed by atoms with van der Waals surface area (Å²) in [6.07, 6.45) is 0. The standard InChI is InChI=1S/C22H19Cl2NO6/c1-11(2)19(22(29)31-10-18(26)12-5-4-6-13(7-12)30-3)25-20(27)14-8-16(23)17(24)9-15(14)21(25)28/h4-9,11,19H,10H2,1-3H3/t19-/m0/s1. The molecule has 0 aromatic heterocycles. The van der Waals surface area contributed by atoms with Crippen molar-refractivity contribution in [3.63, 3.8) is 0 Å². The monoisotopic (exact) mass is 463 g/mol. The first-order valence-electron chi connectivity index (χ1n) is 9.36. The first-order valence-corrected chi connectivity index (χ1v) is 10.1. The number of hydrogen-bond acceptors (Lipinski definition) is 6. The zero-order valence-corrected chi connectivity index (χ0v) is 18.5. The Morgan fingerprint density at radius 2 is 1.58 bits per heavy atom. The van der Waals surface area contributed by atoms with E-state index in [1.807, 2.05) is 0 Å². The molecule has 0 N–H and O–H groups in total. The highest BCUT2D eigenvalue weighted by Crippen LogP contribution is 2.33. The highest BCUT2D eigenvalue weighted by molar-refractivity contribution is 6.43. The van der Waals surface area contributed by atoms with Gasteiger partial charge in [0.05, 0.1) is 28.3 Å². The fraction of sp³-hybridized carbons (Fsp3) is 0.273. The van der Waals surface area contributed by atoms with E-state index >= 15 is 0 Å². The van der Waals surface area contributed by atoms with Crippen LogP contribution in [-0.2, 0) is 9.53 Å². The lowest BCUT2D eigenvalue weighted by molar-refractivity contribution is -0.148. The molecule has 9 heteroatoms. The van der Waals surface area contributed by atoms with Crippen molar-refractivity contribution in [1.82, 2.24) is 4.90 Å². The largest absolute Gasteiger partial charge is 0.497 e. The molecule has 2 aromatic rings. The average molecular weight is 464 g/mol. The van der Waals surface area contributed by atoms with Crippen molar-refractivity contribution in [3.8, 4) is 5.75 Å². The molecule has 1 heterocycles. The van der Waals surface area contributed by atoms with Gasteiger partial charge < -0.3 is 9.47 Å². The van der Waals surface area contributed by atoms with E-state index < -0.39 is 42.1 Å². The normalized spacial score (nSPS) is 13.9. The maximum absolute atomic E-state index is 12.9. The highest BCUT2D eigenvalue weighted by Gasteiger charge is 2.45. The molecule has 0 spiro atoms. The molecule has 2 amide bonds. The number of fused-ring (bicyclic) bond motifs is 1. The van der Waals surface area contributed by atoms with Gasteiger partial charge in [-0.05, 0) is 30.2 Å². The molecular formula is C22H19Cl2NO6. The summed E-state index contributed by atoms with van der Waals surface area (Å²) in [7, 11) is 1.47. The summed E-state index contributed by atoms with van der Waals surface area (Å²) < 4.78 is 10.3. The van der Waals surface area contributed by atoms with Gasteiger partial charge in [-0.2, -0.15) is 0 Å². The maximum Gasteiger partial charge on any atom is 0.330 e. The zero-order valence-electron chi connectivity index (χ0n) is 17.0. The van der Waals surface area contributed by atoms with Crippen LogP contribution >= 0.6 is 23.2 Å². The lowest BCUT2D eigenvalue weighted by Gasteiger charge is -2.27. The summed E-state index contributed by atoms with van der Waals surface area (Å²) in [6, 6.07) is 7.79. The van der Waals surface area contributed by atoms with Crippen LogP contribution in [0.4, 0.5) is 0 Å². The van der Waals surface area contributed by atoms with Gasteiger partial charge in [0.15, 0.2) is 12.4 Å². The summed E-state index contributed by atoms with van der Waals surface area (Å²) in [5, 5.41) is 0.243. The molecule has 0 unspecified atom stereocenters. The van der Waals surface area contributed by atoms with Gasteiger partial charge in [0, 0.05) is 5.56 Å². The van der Waals surface area contributed by atoms with E-state index in [0.717, 1.165) is 4.90 Å². The van der Waals surface area contributed by atoms with E-state index in [4.69, 9.17) is 32.7 Å². The van der Waals surface area contributed by atoms with Crippen LogP contribution in [0.1, 0.15) is 44.9 Å². The van der Waals surface area contributed by atoms with Crippen LogP contribution in [-0.4, -0.2) is 48.2 Å². The molecule has 0 saturated carbocycles. The lowest BCUT2D eigenvalue weighted by atomic mass is 10.0. The van der Waals surface area contributed by atoms with Crippen LogP contribution < -0.4 is 4.74 Å². The molecule has 0 bridgehead atoms. The van der Waals surface area contributed by atoms with E-state index in [9.17, 15) is 19.2 Å². The molecule has 2 aromatic carbocycles. The summed E-state index contributed by atoms with van der Waals surface area (Å²) in [5.74, 6) is -2.64. The number of esters is 1. The second-order valence-corrected chi connectivity index (χ2v) is 8.06. The molecule has 162 valence electrons. The zero-order chi connectivity index (χ0) is 22.9. The minimum atomic E-state index is -1.22. The number of rotatable bonds is 7. The Hall–Kier alpha value is -2.90. The molecule has 1 aliphatic heterocycles. The fourth-order valence-corrected chi connectivity index (χ4v) is 3.61. The van der Waals surface area contributed by atoms with Crippen molar-refractivity contribution in [1.29, 1.82) is 0 Å². The SMILES string of the molecule is COc1cccc(C(=O)COC(=O)[C@H](C(C)C)N2C(=O)c3cc(Cl)c(Cl)cc3C2=O)c1. The van der Waals surface area contributed by atoms with Crippen LogP contribution in [0.2, 0.25) is 10.0 Å². The molecule has 0 radical (unpaired) electrons. The quantitative estimate of drug-likeness (QED) is 0.349. The van der Waals surface area contributed by atoms with Crippen molar-refractivity contribution in [2.24, 2.45) is 5.92 Å². The molecule has 0 aliphatic carbocycles. The number of nitrogens with zero attached hydrogens (tertiary/aromatic N) is 1. The molecule has 3 rings (SSSR count). The van der Waals surface area contributed by atoms with Crippen LogP contribution in [0.3, 0.4) is 0 Å². The number of benzene rings is 2. The van der Waals surface area contributed by atoms with Crippen molar-refractivity contribution in [2.45, 2.75) is 19.9 Å². The maximum atomic E-state index is 12.9. The molecule has 0 fully saturated rings. The van der Waals surface area contributed by atoms with Gasteiger partial charge in [0.2, 0.25) is 0 Å². The van der Waals surface area contributed by atoms with Crippen molar-refractivity contribution in [3.05, 3.63) is 63.1 Å². The Bertz CT molecular complexity index is 1040. The number of hydrogen-bond donors (Lipinski definition) is 0. The van der Waals surface area contributed by atoms with E-state index in [0.29, 0.717) is 11.3 Å². The van der Waals surface area contributed by atoms with Crippen molar-refractivity contribution < 1.29 is 28.7 Å². The second kappa shape index (κ2) is 9.08. The Kier molecular flexibility index (Phi) is 6.67. The average Bonchev–Trinajstić information content (AvgIpc) is 2.97. The van der Waals surface area contributed by atoms with Gasteiger partial charge in [0.25, 0.3) is 11.8 Å². The van der Waals surface area contributed by atoms with Crippen LogP contribution in [0.15, 0.2) is 36.4 Å². The number of methoxy groups -OCH3 is 1. The Morgan fingerprint density at radius 3 is 2.10 bits per heavy atom. The van der Waals surface area contributed by atoms with Gasteiger partial charge in [-0.25, -0.2) is 4.79 Å². The number of carbonyl (C=O) groups is 4. The Morgan fingerprint density at radius 1 is 1.00 bits per heavy atom. The number of Topliss-reactive ketones (excluding diaryl/α,β-unsaturated/α-hetero) is 1. The van der Waals surface area contributed by atoms with E-state index in [1.165, 1.54) is 25.3 Å². The summed E-state index contributed by atoms with van der Waals surface area (Å²) >= 11 is 11.9. The van der Waals surface area contributed by atoms with E-state index in [-0.39, 0.29) is 21.2 Å². The molecule has 1 aliphatic rings. The Balaban J connectivity index is 1.79. The van der Waals surface area contributed by atoms with Gasteiger partial charge in [-0.15, -0.1) is 0 Å². The molecule has 0 saturated heterocycles. The van der Waals surface area contributed by atoms with Crippen molar-refractivity contribution >= 4 is 46.8 Å². The summed E-state index contributed by atoms with van der Waals surface area (Å²) in [5.41, 5.74) is 0.425. The first kappa shape index (κ1) is 22.8. The smallest absolute Gasteiger partial charge is 0.330 e. The highest BCUT2D eigenvalue weighted by atomic mass is 35.5. The number of ether oxygens (including phenoxy) is 2. The predicted molar refractivity (Wildman–Crippen MR) is 114 cm³/mol. The van der Waals surface area contributed by atoms with Gasteiger partial charge in [-0.1, -0.05) is 49.2 Å². The van der Waals surface area contributed by atoms with Crippen LogP contribution in [0.5, 0.6) is 5.75 Å². The Labute approximate surface area is 188 Å². The number of ketones is 1. The molecular weight excluding hydrogens is 445 g/mol. The van der Waals surface area contributed by atoms with Crippen LogP contribution in [0, 0.1) is 5.92 Å². The summed E-state index contributed by atoms with van der Waals surface area (Å²) in [6.45, 7) is 2.79. The lowest BCUT2D eigenvalue weighted by Crippen LogP contribution is -2.49. The van der Waals surface area contributed by atoms with Gasteiger partial charge in [-0.3, -0.25) is 19.3 Å². The minimum Gasteiger partial charge on any atom is -0.497 e. The van der Waals surface area contributed by atoms with E-state index in [2.05, 4.69) is 0 Å². The van der Waals surface area contributed by atoms with E-state index in [1.54, 1.807) is 32.0 Å². The molecule has 7 nitrogen and oxygen atoms in total. The molecule has 1 atom stereocenters. The van der Waals surface area contributed by atoms with Gasteiger partial charge in [0.1, 0.15) is 11.8 Å². The number of halogens is 2. The second-order valence-electron chi connectivity index (χ2n) is 7.24. The third kappa shape index (κ3) is 4.43. The number of carbonyl (C=O) groups excluding carboxylic acids is 4. The minimum absolute atomic E-state index is 0.0605. The van der Waals surface area contributed by atoms with Crippen LogP contribution in [0.25, 0.3) is 0 Å². The summed E-state index contributed by atoms with van der Waals surface area (Å²) in [4.78, 5) is 51.8.